The largest absolute Gasteiger partial charge is 0.493 e. The van der Waals surface area contributed by atoms with Gasteiger partial charge in [-0.1, -0.05) is 0 Å². The first kappa shape index (κ1) is 9.31. The molecule has 1 aromatic rings. The van der Waals surface area contributed by atoms with Crippen LogP contribution >= 0.6 is 0 Å². The molecule has 1 aliphatic rings. The monoisotopic (exact) mass is 196 g/mol. The fourth-order valence-electron chi connectivity index (χ4n) is 1.25. The van der Waals surface area contributed by atoms with E-state index in [1.54, 1.807) is 6.07 Å². The van der Waals surface area contributed by atoms with Gasteiger partial charge in [-0.15, -0.1) is 0 Å². The molecule has 1 aliphatic carbocycles. The number of hydrogen-bond donors (Lipinski definition) is 0. The van der Waals surface area contributed by atoms with Crippen molar-refractivity contribution in [2.75, 3.05) is 13.7 Å². The van der Waals surface area contributed by atoms with E-state index in [2.05, 4.69) is 0 Å². The van der Waals surface area contributed by atoms with Crippen molar-refractivity contribution in [2.45, 2.75) is 12.8 Å². The van der Waals surface area contributed by atoms with Crippen molar-refractivity contribution in [2.24, 2.45) is 5.92 Å². The van der Waals surface area contributed by atoms with Crippen LogP contribution in [0.4, 0.5) is 4.39 Å². The average Bonchev–Trinajstić information content (AvgIpc) is 2.99. The Morgan fingerprint density at radius 3 is 2.79 bits per heavy atom. The minimum Gasteiger partial charge on any atom is -0.493 e. The van der Waals surface area contributed by atoms with Crippen molar-refractivity contribution in [3.63, 3.8) is 0 Å². The molecule has 1 fully saturated rings. The van der Waals surface area contributed by atoms with Crippen LogP contribution in [0.5, 0.6) is 11.5 Å². The molecular formula is C11H13FO2. The predicted molar refractivity (Wildman–Crippen MR) is 51.2 cm³/mol. The molecule has 1 aromatic carbocycles. The minimum absolute atomic E-state index is 0.305. The van der Waals surface area contributed by atoms with E-state index >= 15 is 0 Å². The van der Waals surface area contributed by atoms with E-state index in [-0.39, 0.29) is 5.82 Å². The first-order valence-corrected chi connectivity index (χ1v) is 4.76. The zero-order valence-electron chi connectivity index (χ0n) is 8.13. The maximum absolute atomic E-state index is 12.8. The molecule has 0 amide bonds. The second kappa shape index (κ2) is 3.86. The van der Waals surface area contributed by atoms with E-state index in [0.717, 1.165) is 0 Å². The van der Waals surface area contributed by atoms with E-state index in [0.29, 0.717) is 24.0 Å². The van der Waals surface area contributed by atoms with Crippen molar-refractivity contribution in [1.29, 1.82) is 0 Å². The zero-order valence-corrected chi connectivity index (χ0v) is 8.13. The number of methoxy groups -OCH3 is 1. The van der Waals surface area contributed by atoms with Crippen LogP contribution < -0.4 is 9.47 Å². The molecule has 0 saturated heterocycles. The van der Waals surface area contributed by atoms with Crippen molar-refractivity contribution in [3.8, 4) is 11.5 Å². The number of halogens is 1. The summed E-state index contributed by atoms with van der Waals surface area (Å²) in [4.78, 5) is 0. The Morgan fingerprint density at radius 1 is 1.36 bits per heavy atom. The second-order valence-electron chi connectivity index (χ2n) is 3.55. The van der Waals surface area contributed by atoms with E-state index < -0.39 is 0 Å². The Balaban J connectivity index is 2.05. The van der Waals surface area contributed by atoms with Crippen molar-refractivity contribution in [1.82, 2.24) is 0 Å². The molecule has 0 radical (unpaired) electrons. The maximum atomic E-state index is 12.8. The van der Waals surface area contributed by atoms with Crippen molar-refractivity contribution >= 4 is 0 Å². The summed E-state index contributed by atoms with van der Waals surface area (Å²) in [5, 5.41) is 0. The summed E-state index contributed by atoms with van der Waals surface area (Å²) < 4.78 is 23.3. The fourth-order valence-corrected chi connectivity index (χ4v) is 1.25. The normalized spacial score (nSPS) is 15.3. The summed E-state index contributed by atoms with van der Waals surface area (Å²) in [6, 6.07) is 4.32. The maximum Gasteiger partial charge on any atom is 0.163 e. The molecule has 0 unspecified atom stereocenters. The average molecular weight is 196 g/mol. The third-order valence-corrected chi connectivity index (χ3v) is 2.30. The molecule has 3 heteroatoms. The quantitative estimate of drug-likeness (QED) is 0.737. The summed E-state index contributed by atoms with van der Waals surface area (Å²) >= 11 is 0. The third kappa shape index (κ3) is 2.16. The van der Waals surface area contributed by atoms with Gasteiger partial charge in [0, 0.05) is 6.07 Å². The molecule has 0 aromatic heterocycles. The molecule has 0 N–H and O–H groups in total. The Hall–Kier alpha value is -1.25. The highest BCUT2D eigenvalue weighted by Crippen LogP contribution is 2.32. The first-order valence-electron chi connectivity index (χ1n) is 4.76. The number of hydrogen-bond acceptors (Lipinski definition) is 2. The van der Waals surface area contributed by atoms with Crippen LogP contribution in [0.1, 0.15) is 12.8 Å². The lowest BCUT2D eigenvalue weighted by Crippen LogP contribution is -2.00. The summed E-state index contributed by atoms with van der Waals surface area (Å²) in [6.07, 6.45) is 2.48. The summed E-state index contributed by atoms with van der Waals surface area (Å²) in [7, 11) is 1.51. The Kier molecular flexibility index (Phi) is 2.57. The van der Waals surface area contributed by atoms with Crippen LogP contribution in [0.15, 0.2) is 18.2 Å². The van der Waals surface area contributed by atoms with Crippen LogP contribution in [0.25, 0.3) is 0 Å². The van der Waals surface area contributed by atoms with Gasteiger partial charge >= 0.3 is 0 Å². The molecule has 1 saturated carbocycles. The first-order chi connectivity index (χ1) is 6.79. The van der Waals surface area contributed by atoms with Gasteiger partial charge in [-0.05, 0) is 30.9 Å². The Bertz CT molecular complexity index is 321. The molecule has 0 atom stereocenters. The Labute approximate surface area is 82.6 Å². The van der Waals surface area contributed by atoms with Gasteiger partial charge in [-0.25, -0.2) is 4.39 Å². The molecule has 0 spiro atoms. The highest BCUT2D eigenvalue weighted by Gasteiger charge is 2.22. The van der Waals surface area contributed by atoms with Crippen LogP contribution in [0, 0.1) is 11.7 Å². The van der Waals surface area contributed by atoms with E-state index in [4.69, 9.17) is 9.47 Å². The molecule has 0 bridgehead atoms. The summed E-state index contributed by atoms with van der Waals surface area (Å²) in [5.74, 6) is 1.47. The van der Waals surface area contributed by atoms with Crippen LogP contribution in [0.2, 0.25) is 0 Å². The van der Waals surface area contributed by atoms with Gasteiger partial charge in [0.05, 0.1) is 13.7 Å². The SMILES string of the molecule is COc1cc(F)ccc1OCC1CC1. The smallest absolute Gasteiger partial charge is 0.163 e. The van der Waals surface area contributed by atoms with E-state index in [1.165, 1.54) is 32.1 Å². The van der Waals surface area contributed by atoms with Gasteiger partial charge < -0.3 is 9.47 Å². The topological polar surface area (TPSA) is 18.5 Å². The Morgan fingerprint density at radius 2 is 2.14 bits per heavy atom. The molecule has 76 valence electrons. The summed E-state index contributed by atoms with van der Waals surface area (Å²) in [6.45, 7) is 0.710. The van der Waals surface area contributed by atoms with E-state index in [9.17, 15) is 4.39 Å². The molecular weight excluding hydrogens is 183 g/mol. The molecule has 2 nitrogen and oxygen atoms in total. The fraction of sp³-hybridized carbons (Fsp3) is 0.455. The standard InChI is InChI=1S/C11H13FO2/c1-13-11-6-9(12)4-5-10(11)14-7-8-2-3-8/h4-6,8H,2-3,7H2,1H3. The van der Waals surface area contributed by atoms with E-state index in [1.807, 2.05) is 0 Å². The third-order valence-electron chi connectivity index (χ3n) is 2.30. The minimum atomic E-state index is -0.305. The number of benzene rings is 1. The molecule has 0 aliphatic heterocycles. The van der Waals surface area contributed by atoms with Crippen LogP contribution in [0.3, 0.4) is 0 Å². The highest BCUT2D eigenvalue weighted by atomic mass is 19.1. The molecule has 2 rings (SSSR count). The van der Waals surface area contributed by atoms with Gasteiger partial charge in [-0.2, -0.15) is 0 Å². The zero-order chi connectivity index (χ0) is 9.97. The molecule has 14 heavy (non-hydrogen) atoms. The van der Waals surface area contributed by atoms with Gasteiger partial charge in [0.15, 0.2) is 11.5 Å². The van der Waals surface area contributed by atoms with Gasteiger partial charge in [0.1, 0.15) is 5.82 Å². The lowest BCUT2D eigenvalue weighted by molar-refractivity contribution is 0.279. The second-order valence-corrected chi connectivity index (χ2v) is 3.55. The predicted octanol–water partition coefficient (Wildman–Crippen LogP) is 2.62. The lowest BCUT2D eigenvalue weighted by Gasteiger charge is -2.09. The van der Waals surface area contributed by atoms with Crippen molar-refractivity contribution in [3.05, 3.63) is 24.0 Å². The van der Waals surface area contributed by atoms with Crippen LogP contribution in [-0.2, 0) is 0 Å². The highest BCUT2D eigenvalue weighted by molar-refractivity contribution is 5.39. The van der Waals surface area contributed by atoms with Gasteiger partial charge in [0.2, 0.25) is 0 Å². The molecule has 0 heterocycles. The summed E-state index contributed by atoms with van der Waals surface area (Å²) in [5.41, 5.74) is 0. The van der Waals surface area contributed by atoms with Crippen LogP contribution in [-0.4, -0.2) is 13.7 Å². The van der Waals surface area contributed by atoms with Gasteiger partial charge in [0.25, 0.3) is 0 Å². The number of ether oxygens (including phenoxy) is 2. The lowest BCUT2D eigenvalue weighted by atomic mass is 10.3. The van der Waals surface area contributed by atoms with Gasteiger partial charge in [-0.3, -0.25) is 0 Å². The van der Waals surface area contributed by atoms with Crippen molar-refractivity contribution < 1.29 is 13.9 Å². The number of rotatable bonds is 4.